The van der Waals surface area contributed by atoms with Crippen molar-refractivity contribution in [1.29, 1.82) is 0 Å². The number of carbonyl (C=O) groups excluding carboxylic acids is 1. The normalized spacial score (nSPS) is 15.4. The standard InChI is InChI=1S/C28H38N8O/c1-18-8-7-9-21(14-18)30-24(37)20-11-10-19(2)23(15-20)32-26-33-25(31-22-12-13-29-16-22)34-27(35-26)36(6)17-28(3,4)5/h7-11,14-15,22,29H,12-13,16-17H2,1-6H3,(H,30,37)(H2,31,32,33,34,35)/t22-/m1/s1. The summed E-state index contributed by atoms with van der Waals surface area (Å²) < 4.78 is 0. The molecule has 37 heavy (non-hydrogen) atoms. The third kappa shape index (κ3) is 7.39. The Kier molecular flexibility index (Phi) is 7.92. The van der Waals surface area contributed by atoms with Crippen LogP contribution in [0.25, 0.3) is 0 Å². The van der Waals surface area contributed by atoms with Gasteiger partial charge in [-0.15, -0.1) is 0 Å². The van der Waals surface area contributed by atoms with Crippen LogP contribution >= 0.6 is 0 Å². The topological polar surface area (TPSA) is 107 Å². The van der Waals surface area contributed by atoms with Crippen LogP contribution in [0.1, 0.15) is 48.7 Å². The summed E-state index contributed by atoms with van der Waals surface area (Å²) in [5.41, 5.74) is 4.22. The number of nitrogens with zero attached hydrogens (tertiary/aromatic N) is 4. The highest BCUT2D eigenvalue weighted by molar-refractivity contribution is 6.05. The molecule has 3 aromatic rings. The van der Waals surface area contributed by atoms with Gasteiger partial charge in [0.25, 0.3) is 5.91 Å². The van der Waals surface area contributed by atoms with Gasteiger partial charge in [-0.25, -0.2) is 0 Å². The summed E-state index contributed by atoms with van der Waals surface area (Å²) in [6.07, 6.45) is 1.01. The number of aromatic nitrogens is 3. The minimum Gasteiger partial charge on any atom is -0.350 e. The number of nitrogens with one attached hydrogen (secondary N) is 4. The molecule has 0 spiro atoms. The van der Waals surface area contributed by atoms with Crippen molar-refractivity contribution in [3.05, 3.63) is 59.2 Å². The Hall–Kier alpha value is -3.72. The molecule has 196 valence electrons. The van der Waals surface area contributed by atoms with Gasteiger partial charge in [-0.1, -0.05) is 39.0 Å². The molecule has 4 N–H and O–H groups in total. The van der Waals surface area contributed by atoms with E-state index in [2.05, 4.69) is 47.0 Å². The molecule has 1 amide bonds. The van der Waals surface area contributed by atoms with E-state index < -0.39 is 0 Å². The zero-order valence-electron chi connectivity index (χ0n) is 22.6. The van der Waals surface area contributed by atoms with Gasteiger partial charge in [0.15, 0.2) is 0 Å². The average Bonchev–Trinajstić information content (AvgIpc) is 3.32. The van der Waals surface area contributed by atoms with Crippen molar-refractivity contribution in [1.82, 2.24) is 20.3 Å². The fraction of sp³-hybridized carbons (Fsp3) is 0.429. The lowest BCUT2D eigenvalue weighted by atomic mass is 9.96. The summed E-state index contributed by atoms with van der Waals surface area (Å²) in [4.78, 5) is 29.1. The van der Waals surface area contributed by atoms with Crippen molar-refractivity contribution >= 4 is 35.1 Å². The SMILES string of the molecule is Cc1cccc(NC(=O)c2ccc(C)c(Nc3nc(N[C@@H]4CCNC4)nc(N(C)CC(C)(C)C)n3)c2)c1. The molecule has 0 radical (unpaired) electrons. The largest absolute Gasteiger partial charge is 0.350 e. The maximum atomic E-state index is 13.0. The predicted molar refractivity (Wildman–Crippen MR) is 151 cm³/mol. The molecule has 9 nitrogen and oxygen atoms in total. The Morgan fingerprint density at radius 2 is 1.86 bits per heavy atom. The first-order chi connectivity index (χ1) is 17.6. The molecule has 1 aliphatic rings. The molecule has 2 heterocycles. The smallest absolute Gasteiger partial charge is 0.255 e. The van der Waals surface area contributed by atoms with Crippen LogP contribution in [0.5, 0.6) is 0 Å². The van der Waals surface area contributed by atoms with E-state index in [4.69, 9.17) is 9.97 Å². The van der Waals surface area contributed by atoms with E-state index in [-0.39, 0.29) is 17.4 Å². The first-order valence-electron chi connectivity index (χ1n) is 12.8. The number of benzene rings is 2. The molecule has 1 aromatic heterocycles. The van der Waals surface area contributed by atoms with Crippen LogP contribution in [-0.2, 0) is 0 Å². The zero-order valence-corrected chi connectivity index (χ0v) is 22.6. The van der Waals surface area contributed by atoms with Crippen LogP contribution in [-0.4, -0.2) is 53.6 Å². The number of hydrogen-bond donors (Lipinski definition) is 4. The summed E-state index contributed by atoms with van der Waals surface area (Å²) in [7, 11) is 1.99. The van der Waals surface area contributed by atoms with Gasteiger partial charge < -0.3 is 26.2 Å². The van der Waals surface area contributed by atoms with E-state index in [9.17, 15) is 4.79 Å². The highest BCUT2D eigenvalue weighted by atomic mass is 16.1. The molecule has 1 saturated heterocycles. The van der Waals surface area contributed by atoms with Crippen LogP contribution < -0.4 is 26.2 Å². The fourth-order valence-electron chi connectivity index (χ4n) is 4.34. The minimum absolute atomic E-state index is 0.0769. The monoisotopic (exact) mass is 502 g/mol. The highest BCUT2D eigenvalue weighted by Gasteiger charge is 2.20. The average molecular weight is 503 g/mol. The third-order valence-corrected chi connectivity index (χ3v) is 6.09. The van der Waals surface area contributed by atoms with E-state index in [1.807, 2.05) is 68.3 Å². The Morgan fingerprint density at radius 3 is 2.57 bits per heavy atom. The molecule has 0 saturated carbocycles. The highest BCUT2D eigenvalue weighted by Crippen LogP contribution is 2.24. The van der Waals surface area contributed by atoms with E-state index in [0.29, 0.717) is 23.4 Å². The second-order valence-electron chi connectivity index (χ2n) is 11.0. The summed E-state index contributed by atoms with van der Waals surface area (Å²) >= 11 is 0. The van der Waals surface area contributed by atoms with Gasteiger partial charge in [0.05, 0.1) is 0 Å². The summed E-state index contributed by atoms with van der Waals surface area (Å²) in [5, 5.41) is 13.1. The van der Waals surface area contributed by atoms with Crippen molar-refractivity contribution < 1.29 is 4.79 Å². The molecule has 0 bridgehead atoms. The van der Waals surface area contributed by atoms with Crippen LogP contribution in [0.15, 0.2) is 42.5 Å². The zero-order chi connectivity index (χ0) is 26.6. The molecule has 0 unspecified atom stereocenters. The van der Waals surface area contributed by atoms with Gasteiger partial charge in [-0.05, 0) is 67.6 Å². The summed E-state index contributed by atoms with van der Waals surface area (Å²) in [6.45, 7) is 13.2. The van der Waals surface area contributed by atoms with Crippen molar-refractivity contribution in [2.45, 2.75) is 47.1 Å². The van der Waals surface area contributed by atoms with Crippen molar-refractivity contribution in [3.8, 4) is 0 Å². The molecule has 1 aliphatic heterocycles. The molecule has 1 atom stereocenters. The number of anilines is 5. The Balaban J connectivity index is 1.59. The lowest BCUT2D eigenvalue weighted by Crippen LogP contribution is -2.31. The quantitative estimate of drug-likeness (QED) is 0.350. The number of aryl methyl sites for hydroxylation is 2. The van der Waals surface area contributed by atoms with Gasteiger partial charge in [0.1, 0.15) is 0 Å². The Morgan fingerprint density at radius 1 is 1.08 bits per heavy atom. The first kappa shape index (κ1) is 26.3. The number of hydrogen-bond acceptors (Lipinski definition) is 8. The second-order valence-corrected chi connectivity index (χ2v) is 11.0. The molecule has 0 aliphatic carbocycles. The van der Waals surface area contributed by atoms with E-state index in [1.54, 1.807) is 0 Å². The van der Waals surface area contributed by atoms with Crippen LogP contribution in [0.3, 0.4) is 0 Å². The Bertz CT molecular complexity index is 1250. The lowest BCUT2D eigenvalue weighted by Gasteiger charge is -2.27. The number of amides is 1. The van der Waals surface area contributed by atoms with Crippen molar-refractivity contribution in [2.24, 2.45) is 5.41 Å². The fourth-order valence-corrected chi connectivity index (χ4v) is 4.34. The van der Waals surface area contributed by atoms with Crippen molar-refractivity contribution in [3.63, 3.8) is 0 Å². The molecular formula is C28H38N8O. The third-order valence-electron chi connectivity index (χ3n) is 6.09. The minimum atomic E-state index is -0.175. The van der Waals surface area contributed by atoms with E-state index >= 15 is 0 Å². The van der Waals surface area contributed by atoms with E-state index in [0.717, 1.165) is 48.6 Å². The first-order valence-corrected chi connectivity index (χ1v) is 12.8. The maximum absolute atomic E-state index is 13.0. The van der Waals surface area contributed by atoms with Crippen LogP contribution in [0.4, 0.5) is 29.2 Å². The van der Waals surface area contributed by atoms with Gasteiger partial charge in [-0.3, -0.25) is 4.79 Å². The summed E-state index contributed by atoms with van der Waals surface area (Å²) in [6, 6.07) is 13.6. The molecular weight excluding hydrogens is 464 g/mol. The summed E-state index contributed by atoms with van der Waals surface area (Å²) in [5.74, 6) is 1.38. The van der Waals surface area contributed by atoms with Gasteiger partial charge >= 0.3 is 0 Å². The lowest BCUT2D eigenvalue weighted by molar-refractivity contribution is 0.102. The van der Waals surface area contributed by atoms with Crippen LogP contribution in [0.2, 0.25) is 0 Å². The van der Waals surface area contributed by atoms with E-state index in [1.165, 1.54) is 0 Å². The molecule has 2 aromatic carbocycles. The van der Waals surface area contributed by atoms with Gasteiger partial charge in [-0.2, -0.15) is 15.0 Å². The number of carbonyl (C=O) groups is 1. The molecule has 9 heteroatoms. The number of rotatable bonds is 8. The Labute approximate surface area is 219 Å². The van der Waals surface area contributed by atoms with Gasteiger partial charge in [0, 0.05) is 43.1 Å². The molecule has 4 rings (SSSR count). The molecule has 1 fully saturated rings. The van der Waals surface area contributed by atoms with Gasteiger partial charge in [0.2, 0.25) is 17.8 Å². The second kappa shape index (κ2) is 11.1. The van der Waals surface area contributed by atoms with Crippen molar-refractivity contribution in [2.75, 3.05) is 47.5 Å². The maximum Gasteiger partial charge on any atom is 0.255 e. The van der Waals surface area contributed by atoms with Crippen LogP contribution in [0, 0.1) is 19.3 Å². The predicted octanol–water partition coefficient (Wildman–Crippen LogP) is 4.74.